The Morgan fingerprint density at radius 3 is 1.60 bits per heavy atom. The Hall–Kier alpha value is 1.16. The highest BCUT2D eigenvalue weighted by Crippen LogP contribution is 2.25. The number of hydrogen-bond donors (Lipinski definition) is 0. The summed E-state index contributed by atoms with van der Waals surface area (Å²) in [5.41, 5.74) is -5.31. The largest absolute Gasteiger partial charge is 1.00 e. The van der Waals surface area contributed by atoms with Gasteiger partial charge in [-0.25, -0.2) is 0 Å². The second-order valence-corrected chi connectivity index (χ2v) is 3.54. The zero-order valence-corrected chi connectivity index (χ0v) is 9.15. The molecule has 0 bridgehead atoms. The Kier molecular flexibility index (Phi) is 5.84. The molecule has 10 heavy (non-hydrogen) atoms. The minimum absolute atomic E-state index is 0. The third kappa shape index (κ3) is 3.52. The van der Waals surface area contributed by atoms with Gasteiger partial charge in [-0.2, -0.15) is 24.1 Å². The van der Waals surface area contributed by atoms with Crippen molar-refractivity contribution >= 4 is 33.1 Å². The van der Waals surface area contributed by atoms with Crippen molar-refractivity contribution in [2.45, 2.75) is 5.51 Å². The van der Waals surface area contributed by atoms with Crippen LogP contribution < -0.4 is 24.0 Å². The molecule has 3 nitrogen and oxygen atoms in total. The van der Waals surface area contributed by atoms with E-state index in [1.54, 1.807) is 0 Å². The predicted octanol–water partition coefficient (Wildman–Crippen LogP) is -1.79. The van der Waals surface area contributed by atoms with Crippen molar-refractivity contribution in [1.82, 2.24) is 0 Å². The standard InChI is InChI=1S/CF3IO3S.I/c2-1(3,4)9(6,7)8-5;/q;+1. The molecular formula is CF3I2O3S+. The van der Waals surface area contributed by atoms with Gasteiger partial charge in [-0.1, -0.05) is 0 Å². The molecule has 0 saturated carbocycles. The van der Waals surface area contributed by atoms with Crippen LogP contribution in [0.4, 0.5) is 13.2 Å². The molecule has 0 amide bonds. The summed E-state index contributed by atoms with van der Waals surface area (Å²) in [4.78, 5) is 0. The van der Waals surface area contributed by atoms with Crippen LogP contribution in [-0.2, 0) is 12.6 Å². The second kappa shape index (κ2) is 4.25. The number of rotatable bonds is 1. The third-order valence-corrected chi connectivity index (χ3v) is 2.52. The van der Waals surface area contributed by atoms with Crippen LogP contribution in [0.15, 0.2) is 0 Å². The van der Waals surface area contributed by atoms with Gasteiger partial charge in [0.05, 0.1) is 0 Å². The van der Waals surface area contributed by atoms with Gasteiger partial charge in [0.1, 0.15) is 23.0 Å². The van der Waals surface area contributed by atoms with E-state index in [1.165, 1.54) is 0 Å². The lowest BCUT2D eigenvalue weighted by atomic mass is 11.6. The average molecular weight is 403 g/mol. The van der Waals surface area contributed by atoms with Gasteiger partial charge in [0, 0.05) is 0 Å². The van der Waals surface area contributed by atoms with Gasteiger partial charge in [-0.05, 0) is 0 Å². The first-order chi connectivity index (χ1) is 3.81. The lowest BCUT2D eigenvalue weighted by Gasteiger charge is -2.01. The van der Waals surface area contributed by atoms with Crippen molar-refractivity contribution in [3.8, 4) is 0 Å². The van der Waals surface area contributed by atoms with Gasteiger partial charge in [0.15, 0.2) is 0 Å². The fraction of sp³-hybridized carbons (Fsp3) is 1.00. The topological polar surface area (TPSA) is 43.4 Å². The maximum atomic E-state index is 11.1. The van der Waals surface area contributed by atoms with Crippen molar-refractivity contribution in [3.05, 3.63) is 0 Å². The van der Waals surface area contributed by atoms with Gasteiger partial charge < -0.3 is 0 Å². The highest BCUT2D eigenvalue weighted by atomic mass is 127. The summed E-state index contributed by atoms with van der Waals surface area (Å²) in [5.74, 6) is 0. The molecule has 62 valence electrons. The van der Waals surface area contributed by atoms with Gasteiger partial charge in [0.2, 0.25) is 0 Å². The summed E-state index contributed by atoms with van der Waals surface area (Å²) in [5, 5.41) is 0. The molecule has 0 aliphatic carbocycles. The molecule has 0 aromatic rings. The molecule has 0 aromatic carbocycles. The molecule has 0 spiro atoms. The van der Waals surface area contributed by atoms with Crippen molar-refractivity contribution in [3.63, 3.8) is 0 Å². The summed E-state index contributed by atoms with van der Waals surface area (Å²) < 4.78 is 55.8. The Morgan fingerprint density at radius 1 is 1.30 bits per heavy atom. The Morgan fingerprint density at radius 2 is 1.60 bits per heavy atom. The fourth-order valence-corrected chi connectivity index (χ4v) is 0.719. The molecule has 0 aliphatic rings. The van der Waals surface area contributed by atoms with Crippen molar-refractivity contribution in [2.75, 3.05) is 0 Å². The molecule has 0 unspecified atom stereocenters. The van der Waals surface area contributed by atoms with Gasteiger partial charge >= 0.3 is 39.6 Å². The zero-order valence-electron chi connectivity index (χ0n) is 4.02. The van der Waals surface area contributed by atoms with E-state index < -0.39 is 15.6 Å². The smallest absolute Gasteiger partial charge is 0.192 e. The maximum absolute atomic E-state index is 11.1. The van der Waals surface area contributed by atoms with Crippen LogP contribution in [0, 0.1) is 0 Å². The quantitative estimate of drug-likeness (QED) is 0.384. The molecule has 0 aromatic heterocycles. The minimum atomic E-state index is -5.35. The summed E-state index contributed by atoms with van der Waals surface area (Å²) in [6, 6.07) is 0. The van der Waals surface area contributed by atoms with Crippen LogP contribution in [-0.4, -0.2) is 13.9 Å². The fourth-order valence-electron chi connectivity index (χ4n) is 0.0357. The van der Waals surface area contributed by atoms with Gasteiger partial charge in [-0.3, -0.25) is 0 Å². The molecule has 0 N–H and O–H groups in total. The Bertz CT molecular complexity index is 182. The predicted molar refractivity (Wildman–Crippen MR) is 30.1 cm³/mol. The first kappa shape index (κ1) is 13.7. The zero-order chi connectivity index (χ0) is 7.71. The summed E-state index contributed by atoms with van der Waals surface area (Å²) in [6.07, 6.45) is 0. The highest BCUT2D eigenvalue weighted by molar-refractivity contribution is 14.1. The maximum Gasteiger partial charge on any atom is 1.00 e. The van der Waals surface area contributed by atoms with Crippen molar-refractivity contribution < 1.29 is 48.1 Å². The van der Waals surface area contributed by atoms with Crippen LogP contribution in [0.5, 0.6) is 0 Å². The van der Waals surface area contributed by atoms with E-state index in [9.17, 15) is 21.6 Å². The summed E-state index contributed by atoms with van der Waals surface area (Å²) >= 11 is 0.647. The first-order valence-corrected chi connectivity index (χ1v) is 3.71. The monoisotopic (exact) mass is 403 g/mol. The first-order valence-electron chi connectivity index (χ1n) is 1.43. The molecule has 0 heterocycles. The van der Waals surface area contributed by atoms with Crippen LogP contribution >= 0.6 is 23.0 Å². The molecule has 9 heteroatoms. The van der Waals surface area contributed by atoms with E-state index >= 15 is 0 Å². The van der Waals surface area contributed by atoms with Crippen LogP contribution in [0.3, 0.4) is 0 Å². The lowest BCUT2D eigenvalue weighted by molar-refractivity contribution is -0.0487. The SMILES string of the molecule is O=S(=O)(OI)C(F)(F)F.[I+]. The average Bonchev–Trinajstić information content (AvgIpc) is 1.64. The van der Waals surface area contributed by atoms with E-state index in [4.69, 9.17) is 0 Å². The van der Waals surface area contributed by atoms with E-state index in [1.807, 2.05) is 0 Å². The molecule has 0 atom stereocenters. The van der Waals surface area contributed by atoms with E-state index in [0.717, 1.165) is 0 Å². The molecule has 0 saturated heterocycles. The van der Waals surface area contributed by atoms with Crippen LogP contribution in [0.1, 0.15) is 0 Å². The van der Waals surface area contributed by atoms with Crippen LogP contribution in [0.2, 0.25) is 0 Å². The van der Waals surface area contributed by atoms with Crippen LogP contribution in [0.25, 0.3) is 0 Å². The van der Waals surface area contributed by atoms with Crippen molar-refractivity contribution in [2.24, 2.45) is 0 Å². The molecule has 0 rings (SSSR count). The second-order valence-electron chi connectivity index (χ2n) is 0.963. The molecular weight excluding hydrogens is 403 g/mol. The van der Waals surface area contributed by atoms with E-state index in [-0.39, 0.29) is 24.0 Å². The Balaban J connectivity index is 0. The normalized spacial score (nSPS) is 12.4. The molecule has 0 aliphatic heterocycles. The van der Waals surface area contributed by atoms with Gasteiger partial charge in [0.25, 0.3) is 0 Å². The Labute approximate surface area is 86.1 Å². The lowest BCUT2D eigenvalue weighted by Crippen LogP contribution is -3.00. The summed E-state index contributed by atoms with van der Waals surface area (Å²) in [7, 11) is -5.35. The van der Waals surface area contributed by atoms with E-state index in [0.29, 0.717) is 23.0 Å². The minimum Gasteiger partial charge on any atom is -0.192 e. The molecule has 0 fully saturated rings. The number of alkyl halides is 3. The summed E-state index contributed by atoms with van der Waals surface area (Å²) in [6.45, 7) is 0. The van der Waals surface area contributed by atoms with E-state index in [2.05, 4.69) is 2.51 Å². The number of halogens is 5. The van der Waals surface area contributed by atoms with Gasteiger partial charge in [-0.15, -0.1) is 0 Å². The molecule has 2 radical (unpaired) electrons. The van der Waals surface area contributed by atoms with Crippen molar-refractivity contribution in [1.29, 1.82) is 0 Å². The highest BCUT2D eigenvalue weighted by Gasteiger charge is 2.47. The third-order valence-electron chi connectivity index (χ3n) is 0.366. The number of hydrogen-bond acceptors (Lipinski definition) is 3.